The molecule has 2 aromatic rings. The summed E-state index contributed by atoms with van der Waals surface area (Å²) < 4.78 is 32.6. The Bertz CT molecular complexity index is 926. The summed E-state index contributed by atoms with van der Waals surface area (Å²) in [4.78, 5) is 35.1. The van der Waals surface area contributed by atoms with E-state index in [0.29, 0.717) is 23.1 Å². The summed E-state index contributed by atoms with van der Waals surface area (Å²) in [6.45, 7) is 1.51. The highest BCUT2D eigenvalue weighted by atomic mass is 19.1. The third-order valence-corrected chi connectivity index (χ3v) is 4.35. The Morgan fingerprint density at radius 1 is 1.19 bits per heavy atom. The zero-order valence-electron chi connectivity index (χ0n) is 14.6. The number of cyclic esters (lactones) is 1. The molecule has 140 valence electrons. The van der Waals surface area contributed by atoms with E-state index >= 15 is 0 Å². The van der Waals surface area contributed by atoms with Crippen molar-refractivity contribution in [3.63, 3.8) is 0 Å². The van der Waals surface area contributed by atoms with Gasteiger partial charge in [0.05, 0.1) is 18.6 Å². The van der Waals surface area contributed by atoms with Gasteiger partial charge in [0.2, 0.25) is 5.91 Å². The number of hydrogen-bond donors (Lipinski definition) is 1. The molecular formula is C20H17F2NO4. The first-order chi connectivity index (χ1) is 12.8. The topological polar surface area (TPSA) is 72.5 Å². The van der Waals surface area contributed by atoms with Crippen LogP contribution in [0.3, 0.4) is 0 Å². The van der Waals surface area contributed by atoms with Crippen LogP contribution >= 0.6 is 0 Å². The molecule has 0 saturated carbocycles. The van der Waals surface area contributed by atoms with Crippen molar-refractivity contribution in [3.8, 4) is 11.1 Å². The van der Waals surface area contributed by atoms with Gasteiger partial charge in [-0.15, -0.1) is 0 Å². The molecule has 3 rings (SSSR count). The minimum atomic E-state index is -0.707. The highest BCUT2D eigenvalue weighted by Crippen LogP contribution is 2.27. The van der Waals surface area contributed by atoms with Gasteiger partial charge in [-0.25, -0.2) is 13.6 Å². The van der Waals surface area contributed by atoms with Crippen molar-refractivity contribution in [2.45, 2.75) is 25.8 Å². The Kier molecular flexibility index (Phi) is 5.30. The normalized spacial score (nSPS) is 16.1. The maximum atomic E-state index is 14.1. The van der Waals surface area contributed by atoms with Crippen molar-refractivity contribution in [2.24, 2.45) is 0 Å². The van der Waals surface area contributed by atoms with Gasteiger partial charge in [0.1, 0.15) is 17.7 Å². The average molecular weight is 373 g/mol. The van der Waals surface area contributed by atoms with Gasteiger partial charge in [-0.05, 0) is 47.9 Å². The van der Waals surface area contributed by atoms with E-state index in [1.54, 1.807) is 6.07 Å². The number of carbonyl (C=O) groups excluding carboxylic acids is 3. The van der Waals surface area contributed by atoms with Crippen LogP contribution in [0.15, 0.2) is 36.4 Å². The van der Waals surface area contributed by atoms with E-state index in [1.165, 1.54) is 37.3 Å². The van der Waals surface area contributed by atoms with Crippen LogP contribution in [-0.2, 0) is 20.7 Å². The van der Waals surface area contributed by atoms with Crippen LogP contribution in [0.25, 0.3) is 11.1 Å². The molecule has 1 atom stereocenters. The molecular weight excluding hydrogens is 356 g/mol. The number of ketones is 1. The summed E-state index contributed by atoms with van der Waals surface area (Å²) in [6.07, 6.45) is 0.200. The second-order valence-corrected chi connectivity index (χ2v) is 6.31. The summed E-state index contributed by atoms with van der Waals surface area (Å²) >= 11 is 0. The number of hydrogen-bond acceptors (Lipinski definition) is 4. The van der Waals surface area contributed by atoms with E-state index in [2.05, 4.69) is 5.32 Å². The third-order valence-electron chi connectivity index (χ3n) is 4.35. The maximum absolute atomic E-state index is 14.1. The summed E-state index contributed by atoms with van der Waals surface area (Å²) in [5.74, 6) is -2.59. The lowest BCUT2D eigenvalue weighted by atomic mass is 9.95. The van der Waals surface area contributed by atoms with E-state index < -0.39 is 35.3 Å². The number of nitrogens with one attached hydrogen (secondary N) is 1. The summed E-state index contributed by atoms with van der Waals surface area (Å²) in [7, 11) is 0. The van der Waals surface area contributed by atoms with E-state index in [9.17, 15) is 23.2 Å². The molecule has 0 unspecified atom stereocenters. The van der Waals surface area contributed by atoms with Crippen LogP contribution in [-0.4, -0.2) is 30.3 Å². The molecule has 0 aliphatic carbocycles. The first kappa shape index (κ1) is 18.7. The zero-order chi connectivity index (χ0) is 19.6. The minimum absolute atomic E-state index is 0.0418. The van der Waals surface area contributed by atoms with Crippen LogP contribution in [0.5, 0.6) is 0 Å². The Labute approximate surface area is 154 Å². The van der Waals surface area contributed by atoms with E-state index in [4.69, 9.17) is 4.74 Å². The molecule has 1 fully saturated rings. The van der Waals surface area contributed by atoms with E-state index in [1.807, 2.05) is 0 Å². The van der Waals surface area contributed by atoms with Crippen LogP contribution in [0.1, 0.15) is 29.3 Å². The smallest absolute Gasteiger partial charge is 0.328 e. The fourth-order valence-corrected chi connectivity index (χ4v) is 3.00. The van der Waals surface area contributed by atoms with Crippen molar-refractivity contribution < 1.29 is 27.9 Å². The highest BCUT2D eigenvalue weighted by molar-refractivity contribution is 5.95. The number of esters is 1. The number of carbonyl (C=O) groups is 3. The molecule has 1 aliphatic heterocycles. The number of Topliss-reactive ketones (excluding diaryl/α,β-unsaturated/α-hetero) is 1. The average Bonchev–Trinajstić information content (AvgIpc) is 2.99. The molecule has 1 amide bonds. The second-order valence-electron chi connectivity index (χ2n) is 6.31. The van der Waals surface area contributed by atoms with Crippen LogP contribution in [0, 0.1) is 11.6 Å². The van der Waals surface area contributed by atoms with Gasteiger partial charge in [0.25, 0.3) is 0 Å². The van der Waals surface area contributed by atoms with Crippen molar-refractivity contribution in [1.29, 1.82) is 0 Å². The largest absolute Gasteiger partial charge is 0.464 e. The lowest BCUT2D eigenvalue weighted by Gasteiger charge is -2.13. The fraction of sp³-hybridized carbons (Fsp3) is 0.250. The monoisotopic (exact) mass is 373 g/mol. The lowest BCUT2D eigenvalue weighted by Crippen LogP contribution is -2.38. The van der Waals surface area contributed by atoms with Crippen LogP contribution in [0.2, 0.25) is 0 Å². The van der Waals surface area contributed by atoms with Crippen molar-refractivity contribution in [3.05, 3.63) is 59.2 Å². The molecule has 0 radical (unpaired) electrons. The van der Waals surface area contributed by atoms with E-state index in [0.717, 1.165) is 0 Å². The van der Waals surface area contributed by atoms with Crippen LogP contribution < -0.4 is 5.32 Å². The third kappa shape index (κ3) is 4.19. The van der Waals surface area contributed by atoms with Gasteiger partial charge in [-0.2, -0.15) is 0 Å². The summed E-state index contributed by atoms with van der Waals surface area (Å²) in [5, 5.41) is 2.56. The SMILES string of the molecule is CC(=O)c1ccc(-c2ccc(F)cc2CC(=O)N[C@@H]2CCOC2=O)cc1F. The zero-order valence-corrected chi connectivity index (χ0v) is 14.6. The molecule has 1 aliphatic rings. The quantitative estimate of drug-likeness (QED) is 0.646. The Morgan fingerprint density at radius 2 is 1.96 bits per heavy atom. The van der Waals surface area contributed by atoms with Gasteiger partial charge in [-0.1, -0.05) is 12.1 Å². The molecule has 1 saturated heterocycles. The maximum Gasteiger partial charge on any atom is 0.328 e. The fourth-order valence-electron chi connectivity index (χ4n) is 3.00. The molecule has 0 bridgehead atoms. The Morgan fingerprint density at radius 3 is 2.59 bits per heavy atom. The summed E-state index contributed by atoms with van der Waals surface area (Å²) in [6, 6.07) is 7.23. The molecule has 1 heterocycles. The van der Waals surface area contributed by atoms with Gasteiger partial charge in [-0.3, -0.25) is 9.59 Å². The van der Waals surface area contributed by atoms with Crippen molar-refractivity contribution in [2.75, 3.05) is 6.61 Å². The Hall–Kier alpha value is -3.09. The van der Waals surface area contributed by atoms with E-state index in [-0.39, 0.29) is 18.6 Å². The number of rotatable bonds is 5. The summed E-state index contributed by atoms with van der Waals surface area (Å²) in [5.41, 5.74) is 1.18. The molecule has 7 heteroatoms. The molecule has 1 N–H and O–H groups in total. The minimum Gasteiger partial charge on any atom is -0.464 e. The number of amides is 1. The predicted octanol–water partition coefficient (Wildman–Crippen LogP) is 2.81. The standard InChI is InChI=1S/C20H17F2NO4/c1-11(24)15-4-2-12(9-17(15)22)16-5-3-14(21)8-13(16)10-19(25)23-18-6-7-27-20(18)26/h2-5,8-9,18H,6-7,10H2,1H3,(H,23,25)/t18-/m1/s1. The first-order valence-electron chi connectivity index (χ1n) is 8.40. The van der Waals surface area contributed by atoms with Crippen LogP contribution in [0.4, 0.5) is 8.78 Å². The lowest BCUT2D eigenvalue weighted by molar-refractivity contribution is -0.141. The Balaban J connectivity index is 1.87. The highest BCUT2D eigenvalue weighted by Gasteiger charge is 2.28. The number of ether oxygens (including phenoxy) is 1. The van der Waals surface area contributed by atoms with Gasteiger partial charge in [0, 0.05) is 6.42 Å². The number of benzene rings is 2. The van der Waals surface area contributed by atoms with Gasteiger partial charge >= 0.3 is 5.97 Å². The molecule has 0 aromatic heterocycles. The molecule has 27 heavy (non-hydrogen) atoms. The number of halogens is 2. The van der Waals surface area contributed by atoms with Crippen molar-refractivity contribution in [1.82, 2.24) is 5.32 Å². The predicted molar refractivity (Wildman–Crippen MR) is 93.0 cm³/mol. The molecule has 0 spiro atoms. The molecule has 5 nitrogen and oxygen atoms in total. The van der Waals surface area contributed by atoms with Gasteiger partial charge in [0.15, 0.2) is 5.78 Å². The molecule has 2 aromatic carbocycles. The van der Waals surface area contributed by atoms with Gasteiger partial charge < -0.3 is 10.1 Å². The first-order valence-corrected chi connectivity index (χ1v) is 8.40. The second kappa shape index (κ2) is 7.65. The van der Waals surface area contributed by atoms with Crippen molar-refractivity contribution >= 4 is 17.7 Å².